The molecule has 5 nitrogen and oxygen atoms in total. The highest BCUT2D eigenvalue weighted by atomic mass is 32.1. The van der Waals surface area contributed by atoms with Gasteiger partial charge in [0.05, 0.1) is 6.61 Å². The minimum Gasteiger partial charge on any atom is -0.462 e. The highest BCUT2D eigenvalue weighted by Crippen LogP contribution is 2.27. The SMILES string of the molecule is CCOC(=O)c1c(N)nsc1NCC(C)CC. The second-order valence-corrected chi connectivity index (χ2v) is 4.66. The van der Waals surface area contributed by atoms with Crippen LogP contribution in [0, 0.1) is 5.92 Å². The number of nitrogens with zero attached hydrogens (tertiary/aromatic N) is 1. The molecule has 3 N–H and O–H groups in total. The van der Waals surface area contributed by atoms with Crippen LogP contribution < -0.4 is 11.1 Å². The monoisotopic (exact) mass is 257 g/mol. The molecule has 0 aliphatic rings. The normalized spacial score (nSPS) is 12.2. The van der Waals surface area contributed by atoms with E-state index >= 15 is 0 Å². The van der Waals surface area contributed by atoms with Crippen LogP contribution in [0.1, 0.15) is 37.6 Å². The quantitative estimate of drug-likeness (QED) is 0.765. The fourth-order valence-electron chi connectivity index (χ4n) is 1.23. The fourth-order valence-corrected chi connectivity index (χ4v) is 1.94. The van der Waals surface area contributed by atoms with Gasteiger partial charge in [-0.15, -0.1) is 0 Å². The molecule has 0 spiro atoms. The number of ether oxygens (including phenoxy) is 1. The molecule has 6 heteroatoms. The Morgan fingerprint density at radius 3 is 2.88 bits per heavy atom. The van der Waals surface area contributed by atoms with E-state index in [1.54, 1.807) is 6.92 Å². The molecular weight excluding hydrogens is 238 g/mol. The Bertz CT molecular complexity index is 379. The van der Waals surface area contributed by atoms with Crippen molar-refractivity contribution in [2.45, 2.75) is 27.2 Å². The van der Waals surface area contributed by atoms with Crippen molar-refractivity contribution < 1.29 is 9.53 Å². The summed E-state index contributed by atoms with van der Waals surface area (Å²) in [5, 5.41) is 3.89. The number of aromatic nitrogens is 1. The fraction of sp³-hybridized carbons (Fsp3) is 0.636. The Hall–Kier alpha value is -1.30. The molecule has 96 valence electrons. The van der Waals surface area contributed by atoms with Gasteiger partial charge in [0.1, 0.15) is 10.6 Å². The maximum absolute atomic E-state index is 11.7. The zero-order valence-corrected chi connectivity index (χ0v) is 11.3. The molecule has 0 radical (unpaired) electrons. The van der Waals surface area contributed by atoms with Gasteiger partial charge in [0.15, 0.2) is 5.82 Å². The standard InChI is InChI=1S/C11H19N3O2S/c1-4-7(3)6-13-10-8(9(12)14-17-10)11(15)16-5-2/h7,13H,4-6H2,1-3H3,(H2,12,14). The Morgan fingerprint density at radius 2 is 2.29 bits per heavy atom. The van der Waals surface area contributed by atoms with Crippen molar-refractivity contribution in [1.29, 1.82) is 0 Å². The van der Waals surface area contributed by atoms with Crippen molar-refractivity contribution in [2.75, 3.05) is 24.2 Å². The van der Waals surface area contributed by atoms with Crippen LogP contribution in [-0.2, 0) is 4.74 Å². The maximum atomic E-state index is 11.7. The van der Waals surface area contributed by atoms with Gasteiger partial charge in [0.2, 0.25) is 0 Å². The molecule has 0 aliphatic heterocycles. The molecule has 1 rings (SSSR count). The van der Waals surface area contributed by atoms with E-state index in [0.717, 1.165) is 13.0 Å². The van der Waals surface area contributed by atoms with Crippen LogP contribution in [0.15, 0.2) is 0 Å². The average Bonchev–Trinajstić information content (AvgIpc) is 2.67. The van der Waals surface area contributed by atoms with Gasteiger partial charge < -0.3 is 15.8 Å². The van der Waals surface area contributed by atoms with Crippen molar-refractivity contribution in [1.82, 2.24) is 4.37 Å². The predicted octanol–water partition coefficient (Wildman–Crippen LogP) is 2.36. The number of carbonyl (C=O) groups is 1. The number of hydrogen-bond acceptors (Lipinski definition) is 6. The van der Waals surface area contributed by atoms with E-state index in [-0.39, 0.29) is 5.82 Å². The molecule has 17 heavy (non-hydrogen) atoms. The summed E-state index contributed by atoms with van der Waals surface area (Å²) in [7, 11) is 0. The van der Waals surface area contributed by atoms with E-state index < -0.39 is 5.97 Å². The van der Waals surface area contributed by atoms with E-state index in [4.69, 9.17) is 10.5 Å². The van der Waals surface area contributed by atoms with Crippen molar-refractivity contribution in [2.24, 2.45) is 5.92 Å². The van der Waals surface area contributed by atoms with Crippen molar-refractivity contribution in [3.8, 4) is 0 Å². The summed E-state index contributed by atoms with van der Waals surface area (Å²) >= 11 is 1.20. The Kier molecular flexibility index (Phi) is 5.21. The summed E-state index contributed by atoms with van der Waals surface area (Å²) in [5.74, 6) is 0.360. The number of hydrogen-bond donors (Lipinski definition) is 2. The molecule has 1 aromatic rings. The third-order valence-corrected chi connectivity index (χ3v) is 3.33. The zero-order chi connectivity index (χ0) is 12.8. The lowest BCUT2D eigenvalue weighted by Gasteiger charge is -2.10. The number of carbonyl (C=O) groups excluding carboxylic acids is 1. The summed E-state index contributed by atoms with van der Waals surface area (Å²) in [6.45, 7) is 7.16. The van der Waals surface area contributed by atoms with Crippen LogP contribution in [-0.4, -0.2) is 23.5 Å². The molecule has 1 aromatic heterocycles. The van der Waals surface area contributed by atoms with Gasteiger partial charge >= 0.3 is 5.97 Å². The molecule has 0 saturated heterocycles. The molecule has 0 bridgehead atoms. The van der Waals surface area contributed by atoms with E-state index in [0.29, 0.717) is 23.1 Å². The number of nitrogen functional groups attached to an aromatic ring is 1. The Morgan fingerprint density at radius 1 is 1.59 bits per heavy atom. The molecule has 0 aromatic carbocycles. The lowest BCUT2D eigenvalue weighted by Crippen LogP contribution is -2.13. The lowest BCUT2D eigenvalue weighted by atomic mass is 10.1. The first-order valence-corrected chi connectivity index (χ1v) is 6.53. The predicted molar refractivity (Wildman–Crippen MR) is 70.4 cm³/mol. The van der Waals surface area contributed by atoms with Gasteiger partial charge in [-0.2, -0.15) is 4.37 Å². The van der Waals surface area contributed by atoms with E-state index in [9.17, 15) is 4.79 Å². The van der Waals surface area contributed by atoms with E-state index in [1.807, 2.05) is 0 Å². The second-order valence-electron chi connectivity index (χ2n) is 3.89. The molecule has 0 saturated carbocycles. The van der Waals surface area contributed by atoms with Crippen molar-refractivity contribution in [3.05, 3.63) is 5.56 Å². The van der Waals surface area contributed by atoms with Gasteiger partial charge in [-0.1, -0.05) is 20.3 Å². The molecule has 1 heterocycles. The smallest absolute Gasteiger partial charge is 0.344 e. The van der Waals surface area contributed by atoms with Gasteiger partial charge in [0.25, 0.3) is 0 Å². The summed E-state index contributed by atoms with van der Waals surface area (Å²) in [6, 6.07) is 0. The molecule has 1 unspecified atom stereocenters. The van der Waals surface area contributed by atoms with Crippen LogP contribution in [0.5, 0.6) is 0 Å². The molecule has 0 amide bonds. The van der Waals surface area contributed by atoms with Crippen molar-refractivity contribution in [3.63, 3.8) is 0 Å². The number of esters is 1. The lowest BCUT2D eigenvalue weighted by molar-refractivity contribution is 0.0529. The maximum Gasteiger partial charge on any atom is 0.344 e. The van der Waals surface area contributed by atoms with Crippen LogP contribution in [0.25, 0.3) is 0 Å². The zero-order valence-electron chi connectivity index (χ0n) is 10.4. The number of rotatable bonds is 6. The molecule has 0 fully saturated rings. The first-order valence-electron chi connectivity index (χ1n) is 5.76. The Balaban J connectivity index is 2.75. The number of anilines is 2. The molecular formula is C11H19N3O2S. The first-order chi connectivity index (χ1) is 8.10. The van der Waals surface area contributed by atoms with Gasteiger partial charge in [-0.25, -0.2) is 4.79 Å². The minimum absolute atomic E-state index is 0.236. The third kappa shape index (κ3) is 3.59. The van der Waals surface area contributed by atoms with Crippen molar-refractivity contribution >= 4 is 28.3 Å². The summed E-state index contributed by atoms with van der Waals surface area (Å²) in [6.07, 6.45) is 1.08. The summed E-state index contributed by atoms with van der Waals surface area (Å²) in [4.78, 5) is 11.7. The van der Waals surface area contributed by atoms with Gasteiger partial charge in [-0.05, 0) is 24.4 Å². The van der Waals surface area contributed by atoms with Gasteiger partial charge in [0, 0.05) is 6.54 Å². The Labute approximate surface area is 106 Å². The van der Waals surface area contributed by atoms with Crippen LogP contribution >= 0.6 is 11.5 Å². The van der Waals surface area contributed by atoms with Crippen LogP contribution in [0.3, 0.4) is 0 Å². The minimum atomic E-state index is -0.412. The largest absolute Gasteiger partial charge is 0.462 e. The average molecular weight is 257 g/mol. The van der Waals surface area contributed by atoms with Gasteiger partial charge in [-0.3, -0.25) is 0 Å². The highest BCUT2D eigenvalue weighted by Gasteiger charge is 2.20. The molecule has 0 aliphatic carbocycles. The van der Waals surface area contributed by atoms with Crippen LogP contribution in [0.4, 0.5) is 10.8 Å². The summed E-state index contributed by atoms with van der Waals surface area (Å²) in [5.41, 5.74) is 6.03. The second kappa shape index (κ2) is 6.44. The highest BCUT2D eigenvalue weighted by molar-refractivity contribution is 7.11. The number of nitrogens with two attached hydrogens (primary N) is 1. The topological polar surface area (TPSA) is 77.2 Å². The first kappa shape index (κ1) is 13.8. The third-order valence-electron chi connectivity index (χ3n) is 2.51. The van der Waals surface area contributed by atoms with E-state index in [2.05, 4.69) is 23.5 Å². The number of nitrogens with one attached hydrogen (secondary N) is 1. The summed E-state index contributed by atoms with van der Waals surface area (Å²) < 4.78 is 8.93. The molecule has 1 atom stereocenters. The van der Waals surface area contributed by atoms with E-state index in [1.165, 1.54) is 11.5 Å². The van der Waals surface area contributed by atoms with Crippen LogP contribution in [0.2, 0.25) is 0 Å².